The van der Waals surface area contributed by atoms with Gasteiger partial charge < -0.3 is 4.98 Å². The summed E-state index contributed by atoms with van der Waals surface area (Å²) in [7, 11) is 0. The fraction of sp³-hybridized carbons (Fsp3) is 0.200. The van der Waals surface area contributed by atoms with E-state index >= 15 is 0 Å². The van der Waals surface area contributed by atoms with Gasteiger partial charge in [-0.2, -0.15) is 5.26 Å². The Hall–Kier alpha value is -2.86. The van der Waals surface area contributed by atoms with Crippen molar-refractivity contribution in [1.29, 1.82) is 5.26 Å². The molecular formula is C20H19N3. The maximum atomic E-state index is 9.50. The zero-order valence-electron chi connectivity index (χ0n) is 13.6. The number of H-pyrrole nitrogens is 1. The molecule has 0 bridgehead atoms. The maximum absolute atomic E-state index is 9.50. The molecular weight excluding hydrogens is 282 g/mol. The first-order valence-electron chi connectivity index (χ1n) is 7.78. The highest BCUT2D eigenvalue weighted by molar-refractivity contribution is 5.90. The number of benzene rings is 2. The van der Waals surface area contributed by atoms with E-state index in [4.69, 9.17) is 0 Å². The molecule has 0 saturated carbocycles. The van der Waals surface area contributed by atoms with E-state index in [2.05, 4.69) is 61.1 Å². The molecule has 3 rings (SSSR count). The highest BCUT2D eigenvalue weighted by atomic mass is 14.9. The van der Waals surface area contributed by atoms with Gasteiger partial charge in [-0.15, -0.1) is 0 Å². The van der Waals surface area contributed by atoms with Gasteiger partial charge in [-0.05, 0) is 60.7 Å². The van der Waals surface area contributed by atoms with Gasteiger partial charge in [0.1, 0.15) is 11.9 Å². The van der Waals surface area contributed by atoms with E-state index in [0.717, 1.165) is 23.0 Å². The molecule has 114 valence electrons. The minimum atomic E-state index is 0.542. The Morgan fingerprint density at radius 2 is 1.87 bits per heavy atom. The number of allylic oxidation sites excluding steroid dienone is 1. The Kier molecular flexibility index (Phi) is 3.99. The number of rotatable bonds is 3. The van der Waals surface area contributed by atoms with Crippen molar-refractivity contribution in [2.45, 2.75) is 27.2 Å². The lowest BCUT2D eigenvalue weighted by Crippen LogP contribution is -1.85. The summed E-state index contributed by atoms with van der Waals surface area (Å²) in [4.78, 5) is 7.82. The van der Waals surface area contributed by atoms with Crippen molar-refractivity contribution < 1.29 is 0 Å². The number of aromatic amines is 1. The van der Waals surface area contributed by atoms with Crippen molar-refractivity contribution in [3.05, 3.63) is 64.5 Å². The van der Waals surface area contributed by atoms with Crippen LogP contribution in [0, 0.1) is 25.2 Å². The number of hydrogen-bond donors (Lipinski definition) is 1. The second kappa shape index (κ2) is 6.10. The van der Waals surface area contributed by atoms with Crippen LogP contribution >= 0.6 is 0 Å². The van der Waals surface area contributed by atoms with Crippen LogP contribution in [0.15, 0.2) is 36.4 Å². The van der Waals surface area contributed by atoms with Crippen LogP contribution in [0.3, 0.4) is 0 Å². The Balaban J connectivity index is 2.03. The zero-order chi connectivity index (χ0) is 16.4. The van der Waals surface area contributed by atoms with E-state index < -0.39 is 0 Å². The average Bonchev–Trinajstić information content (AvgIpc) is 2.96. The number of fused-ring (bicyclic) bond motifs is 1. The van der Waals surface area contributed by atoms with Crippen LogP contribution in [0.4, 0.5) is 0 Å². The van der Waals surface area contributed by atoms with Gasteiger partial charge in [0.05, 0.1) is 16.6 Å². The van der Waals surface area contributed by atoms with Gasteiger partial charge in [0.2, 0.25) is 0 Å². The Bertz CT molecular complexity index is 883. The molecule has 0 atom stereocenters. The Labute approximate surface area is 136 Å². The summed E-state index contributed by atoms with van der Waals surface area (Å²) < 4.78 is 0. The molecule has 0 aliphatic carbocycles. The Morgan fingerprint density at radius 1 is 1.17 bits per heavy atom. The number of aryl methyl sites for hydroxylation is 3. The highest BCUT2D eigenvalue weighted by Crippen LogP contribution is 2.22. The van der Waals surface area contributed by atoms with Crippen molar-refractivity contribution in [2.24, 2.45) is 0 Å². The van der Waals surface area contributed by atoms with Crippen molar-refractivity contribution >= 4 is 22.7 Å². The third-order valence-electron chi connectivity index (χ3n) is 4.17. The van der Waals surface area contributed by atoms with Crippen LogP contribution in [0.1, 0.15) is 35.0 Å². The molecule has 0 spiro atoms. The number of imidazole rings is 1. The SMILES string of the molecule is CCc1ccc(/C=C(/C#N)c2nc3cc(C)c(C)cc3[nH]2)cc1. The standard InChI is InChI=1S/C20H19N3/c1-4-15-5-7-16(8-6-15)11-17(12-21)20-22-18-9-13(2)14(3)10-19(18)23-20/h5-11H,4H2,1-3H3,(H,22,23)/b17-11-. The lowest BCUT2D eigenvalue weighted by atomic mass is 10.1. The summed E-state index contributed by atoms with van der Waals surface area (Å²) in [5, 5.41) is 9.50. The van der Waals surface area contributed by atoms with Crippen LogP contribution in [0.25, 0.3) is 22.7 Å². The van der Waals surface area contributed by atoms with Gasteiger partial charge in [-0.3, -0.25) is 0 Å². The Morgan fingerprint density at radius 3 is 2.52 bits per heavy atom. The first-order valence-corrected chi connectivity index (χ1v) is 7.78. The monoisotopic (exact) mass is 301 g/mol. The van der Waals surface area contributed by atoms with Gasteiger partial charge in [0.25, 0.3) is 0 Å². The van der Waals surface area contributed by atoms with Gasteiger partial charge in [0.15, 0.2) is 0 Å². The quantitative estimate of drug-likeness (QED) is 0.706. The van der Waals surface area contributed by atoms with Gasteiger partial charge >= 0.3 is 0 Å². The average molecular weight is 301 g/mol. The lowest BCUT2D eigenvalue weighted by Gasteiger charge is -1.98. The van der Waals surface area contributed by atoms with Crippen LogP contribution in [0.5, 0.6) is 0 Å². The predicted molar refractivity (Wildman–Crippen MR) is 94.9 cm³/mol. The van der Waals surface area contributed by atoms with E-state index in [1.165, 1.54) is 16.7 Å². The third kappa shape index (κ3) is 3.02. The molecule has 23 heavy (non-hydrogen) atoms. The van der Waals surface area contributed by atoms with Crippen molar-refractivity contribution in [2.75, 3.05) is 0 Å². The van der Waals surface area contributed by atoms with E-state index in [0.29, 0.717) is 11.4 Å². The molecule has 3 aromatic rings. The fourth-order valence-electron chi connectivity index (χ4n) is 2.57. The van der Waals surface area contributed by atoms with Crippen LogP contribution < -0.4 is 0 Å². The molecule has 1 aromatic heterocycles. The van der Waals surface area contributed by atoms with Gasteiger partial charge in [-0.25, -0.2) is 4.98 Å². The number of nitrogens with zero attached hydrogens (tertiary/aromatic N) is 2. The third-order valence-corrected chi connectivity index (χ3v) is 4.17. The normalized spacial score (nSPS) is 11.7. The molecule has 2 aromatic carbocycles. The maximum Gasteiger partial charge on any atom is 0.149 e. The molecule has 0 unspecified atom stereocenters. The molecule has 3 heteroatoms. The topological polar surface area (TPSA) is 52.5 Å². The summed E-state index contributed by atoms with van der Waals surface area (Å²) in [6, 6.07) is 14.6. The predicted octanol–water partition coefficient (Wildman–Crippen LogP) is 4.81. The lowest BCUT2D eigenvalue weighted by molar-refractivity contribution is 1.14. The first-order chi connectivity index (χ1) is 11.1. The first kappa shape index (κ1) is 15.1. The summed E-state index contributed by atoms with van der Waals surface area (Å²) in [5.41, 5.74) is 7.11. The minimum absolute atomic E-state index is 0.542. The van der Waals surface area contributed by atoms with E-state index in [1.807, 2.05) is 18.2 Å². The van der Waals surface area contributed by atoms with Crippen LogP contribution in [0.2, 0.25) is 0 Å². The zero-order valence-corrected chi connectivity index (χ0v) is 13.6. The van der Waals surface area contributed by atoms with Crippen LogP contribution in [-0.2, 0) is 6.42 Å². The van der Waals surface area contributed by atoms with E-state index in [9.17, 15) is 5.26 Å². The number of hydrogen-bond acceptors (Lipinski definition) is 2. The molecule has 0 saturated heterocycles. The summed E-state index contributed by atoms with van der Waals surface area (Å²) in [5.74, 6) is 0.618. The molecule has 0 radical (unpaired) electrons. The molecule has 1 heterocycles. The summed E-state index contributed by atoms with van der Waals surface area (Å²) in [6.45, 7) is 6.27. The van der Waals surface area contributed by atoms with Gasteiger partial charge in [0, 0.05) is 0 Å². The highest BCUT2D eigenvalue weighted by Gasteiger charge is 2.09. The summed E-state index contributed by atoms with van der Waals surface area (Å²) >= 11 is 0. The number of aromatic nitrogens is 2. The number of nitrogens with one attached hydrogen (secondary N) is 1. The van der Waals surface area contributed by atoms with Gasteiger partial charge in [-0.1, -0.05) is 31.2 Å². The van der Waals surface area contributed by atoms with Crippen LogP contribution in [-0.4, -0.2) is 9.97 Å². The number of nitriles is 1. The molecule has 1 N–H and O–H groups in total. The molecule has 0 aliphatic heterocycles. The molecule has 3 nitrogen and oxygen atoms in total. The van der Waals surface area contributed by atoms with Crippen molar-refractivity contribution in [3.63, 3.8) is 0 Å². The van der Waals surface area contributed by atoms with Crippen molar-refractivity contribution in [3.8, 4) is 6.07 Å². The minimum Gasteiger partial charge on any atom is -0.337 e. The molecule has 0 aliphatic rings. The largest absolute Gasteiger partial charge is 0.337 e. The second-order valence-corrected chi connectivity index (χ2v) is 5.80. The van der Waals surface area contributed by atoms with Crippen molar-refractivity contribution in [1.82, 2.24) is 9.97 Å². The molecule has 0 fully saturated rings. The smallest absolute Gasteiger partial charge is 0.149 e. The second-order valence-electron chi connectivity index (χ2n) is 5.80. The fourth-order valence-corrected chi connectivity index (χ4v) is 2.57. The summed E-state index contributed by atoms with van der Waals surface area (Å²) in [6.07, 6.45) is 2.88. The molecule has 0 amide bonds. The van der Waals surface area contributed by atoms with E-state index in [1.54, 1.807) is 0 Å². The van der Waals surface area contributed by atoms with E-state index in [-0.39, 0.29) is 0 Å².